The Bertz CT molecular complexity index is 713. The van der Waals surface area contributed by atoms with Gasteiger partial charge >= 0.3 is 5.97 Å². The summed E-state index contributed by atoms with van der Waals surface area (Å²) in [6, 6.07) is 4.86. The van der Waals surface area contributed by atoms with Gasteiger partial charge < -0.3 is 19.2 Å². The minimum Gasteiger partial charge on any atom is -0.507 e. The maximum absolute atomic E-state index is 12.1. The Hall–Kier alpha value is -2.50. The summed E-state index contributed by atoms with van der Waals surface area (Å²) in [5, 5.41) is 10.1. The maximum Gasteiger partial charge on any atom is 0.306 e. The third-order valence-electron chi connectivity index (χ3n) is 3.24. The van der Waals surface area contributed by atoms with Crippen molar-refractivity contribution in [3.63, 3.8) is 0 Å². The van der Waals surface area contributed by atoms with E-state index in [-0.39, 0.29) is 17.7 Å². The lowest BCUT2D eigenvalue weighted by molar-refractivity contribution is -0.140. The van der Waals surface area contributed by atoms with Crippen molar-refractivity contribution in [2.24, 2.45) is 0 Å². The molecule has 0 amide bonds. The standard InChI is InChI=1S/C15H17NO5/c1-8-6-11(17)14(15(19)16-8)10(7-13(18)20-3)12-5-4-9(2)21-12/h4-6,10H,7H2,1-3H3,(H2,16,17,19). The van der Waals surface area contributed by atoms with Gasteiger partial charge in [0, 0.05) is 5.69 Å². The van der Waals surface area contributed by atoms with E-state index in [0.29, 0.717) is 17.2 Å². The van der Waals surface area contributed by atoms with Crippen LogP contribution in [0, 0.1) is 13.8 Å². The summed E-state index contributed by atoms with van der Waals surface area (Å²) in [6.45, 7) is 3.43. The molecule has 2 heterocycles. The third-order valence-corrected chi connectivity index (χ3v) is 3.24. The fraction of sp³-hybridized carbons (Fsp3) is 0.333. The van der Waals surface area contributed by atoms with E-state index in [1.165, 1.54) is 13.2 Å². The number of methoxy groups -OCH3 is 1. The lowest BCUT2D eigenvalue weighted by atomic mass is 9.93. The van der Waals surface area contributed by atoms with Crippen LogP contribution in [0.1, 0.15) is 35.1 Å². The number of carbonyl (C=O) groups is 1. The monoisotopic (exact) mass is 291 g/mol. The molecular formula is C15H17NO5. The number of nitrogens with one attached hydrogen (secondary N) is 1. The quantitative estimate of drug-likeness (QED) is 0.840. The van der Waals surface area contributed by atoms with Gasteiger partial charge in [-0.3, -0.25) is 9.59 Å². The van der Waals surface area contributed by atoms with E-state index >= 15 is 0 Å². The van der Waals surface area contributed by atoms with E-state index in [1.54, 1.807) is 26.0 Å². The molecule has 0 saturated heterocycles. The molecule has 1 unspecified atom stereocenters. The van der Waals surface area contributed by atoms with Crippen molar-refractivity contribution < 1.29 is 19.1 Å². The topological polar surface area (TPSA) is 92.5 Å². The number of aryl methyl sites for hydroxylation is 2. The average molecular weight is 291 g/mol. The van der Waals surface area contributed by atoms with Gasteiger partial charge in [0.2, 0.25) is 0 Å². The molecule has 2 aromatic heterocycles. The number of ether oxygens (including phenoxy) is 1. The van der Waals surface area contributed by atoms with Crippen LogP contribution >= 0.6 is 0 Å². The number of aromatic amines is 1. The molecule has 0 radical (unpaired) electrons. The number of esters is 1. The van der Waals surface area contributed by atoms with Crippen molar-refractivity contribution >= 4 is 5.97 Å². The highest BCUT2D eigenvalue weighted by molar-refractivity contribution is 5.71. The van der Waals surface area contributed by atoms with Crippen LogP contribution in [0.15, 0.2) is 27.4 Å². The zero-order valence-electron chi connectivity index (χ0n) is 12.1. The van der Waals surface area contributed by atoms with Gasteiger partial charge in [0.1, 0.15) is 17.3 Å². The van der Waals surface area contributed by atoms with Gasteiger partial charge in [-0.1, -0.05) is 0 Å². The van der Waals surface area contributed by atoms with Gasteiger partial charge in [-0.05, 0) is 32.0 Å². The van der Waals surface area contributed by atoms with Crippen LogP contribution in [0.4, 0.5) is 0 Å². The van der Waals surface area contributed by atoms with E-state index < -0.39 is 17.4 Å². The number of H-pyrrole nitrogens is 1. The normalized spacial score (nSPS) is 12.1. The fourth-order valence-corrected chi connectivity index (χ4v) is 2.25. The summed E-state index contributed by atoms with van der Waals surface area (Å²) in [6.07, 6.45) is -0.0941. The molecule has 6 heteroatoms. The van der Waals surface area contributed by atoms with Crippen molar-refractivity contribution in [1.82, 2.24) is 4.98 Å². The van der Waals surface area contributed by atoms with Crippen molar-refractivity contribution in [3.8, 4) is 5.75 Å². The summed E-state index contributed by atoms with van der Waals surface area (Å²) >= 11 is 0. The molecule has 0 aliphatic rings. The van der Waals surface area contributed by atoms with E-state index in [4.69, 9.17) is 4.42 Å². The molecule has 0 aliphatic heterocycles. The molecule has 0 aliphatic carbocycles. The van der Waals surface area contributed by atoms with Crippen LogP contribution in [0.5, 0.6) is 5.75 Å². The van der Waals surface area contributed by atoms with Crippen molar-refractivity contribution in [2.45, 2.75) is 26.2 Å². The largest absolute Gasteiger partial charge is 0.507 e. The van der Waals surface area contributed by atoms with Crippen LogP contribution in [0.25, 0.3) is 0 Å². The van der Waals surface area contributed by atoms with Crippen LogP contribution < -0.4 is 5.56 Å². The van der Waals surface area contributed by atoms with Crippen LogP contribution in [-0.2, 0) is 9.53 Å². The third kappa shape index (κ3) is 3.16. The Morgan fingerprint density at radius 3 is 2.67 bits per heavy atom. The summed E-state index contributed by atoms with van der Waals surface area (Å²) < 4.78 is 10.2. The molecule has 2 N–H and O–H groups in total. The second kappa shape index (κ2) is 5.87. The number of aromatic nitrogens is 1. The number of furan rings is 1. The van der Waals surface area contributed by atoms with Gasteiger partial charge in [-0.25, -0.2) is 0 Å². The molecule has 0 aromatic carbocycles. The van der Waals surface area contributed by atoms with E-state index in [0.717, 1.165) is 0 Å². The summed E-state index contributed by atoms with van der Waals surface area (Å²) in [7, 11) is 1.27. The highest BCUT2D eigenvalue weighted by Crippen LogP contribution is 2.32. The molecular weight excluding hydrogens is 274 g/mol. The molecule has 6 nitrogen and oxygen atoms in total. The average Bonchev–Trinajstić information content (AvgIpc) is 2.82. The van der Waals surface area contributed by atoms with Crippen LogP contribution in [-0.4, -0.2) is 23.2 Å². The highest BCUT2D eigenvalue weighted by Gasteiger charge is 2.27. The maximum atomic E-state index is 12.1. The second-order valence-corrected chi connectivity index (χ2v) is 4.86. The lowest BCUT2D eigenvalue weighted by Crippen LogP contribution is -2.20. The number of pyridine rings is 1. The predicted octanol–water partition coefficient (Wildman–Crippen LogP) is 1.99. The number of aromatic hydroxyl groups is 1. The molecule has 0 saturated carbocycles. The Morgan fingerprint density at radius 2 is 2.14 bits per heavy atom. The zero-order chi connectivity index (χ0) is 15.6. The number of hydrogen-bond donors (Lipinski definition) is 2. The SMILES string of the molecule is COC(=O)CC(c1ccc(C)o1)c1c(O)cc(C)[nH]c1=O. The van der Waals surface area contributed by atoms with Gasteiger partial charge in [-0.15, -0.1) is 0 Å². The lowest BCUT2D eigenvalue weighted by Gasteiger charge is -2.15. The first kappa shape index (κ1) is 14.9. The van der Waals surface area contributed by atoms with E-state index in [2.05, 4.69) is 9.72 Å². The van der Waals surface area contributed by atoms with Crippen molar-refractivity contribution in [1.29, 1.82) is 0 Å². The van der Waals surface area contributed by atoms with Gasteiger partial charge in [0.15, 0.2) is 0 Å². The van der Waals surface area contributed by atoms with E-state index in [1.807, 2.05) is 0 Å². The molecule has 2 aromatic rings. The predicted molar refractivity (Wildman–Crippen MR) is 75.4 cm³/mol. The van der Waals surface area contributed by atoms with Gasteiger partial charge in [0.05, 0.1) is 25.0 Å². The summed E-state index contributed by atoms with van der Waals surface area (Å²) in [4.78, 5) is 26.4. The molecule has 0 spiro atoms. The Morgan fingerprint density at radius 1 is 1.43 bits per heavy atom. The van der Waals surface area contributed by atoms with Crippen molar-refractivity contribution in [3.05, 3.63) is 51.3 Å². The smallest absolute Gasteiger partial charge is 0.306 e. The van der Waals surface area contributed by atoms with Gasteiger partial charge in [-0.2, -0.15) is 0 Å². The molecule has 0 bridgehead atoms. The van der Waals surface area contributed by atoms with Crippen LogP contribution in [0.3, 0.4) is 0 Å². The Kier molecular flexibility index (Phi) is 4.16. The fourth-order valence-electron chi connectivity index (χ4n) is 2.25. The number of rotatable bonds is 4. The minimum absolute atomic E-state index is 0.0941. The minimum atomic E-state index is -0.699. The molecule has 2 rings (SSSR count). The van der Waals surface area contributed by atoms with E-state index in [9.17, 15) is 14.7 Å². The highest BCUT2D eigenvalue weighted by atomic mass is 16.5. The number of carbonyl (C=O) groups excluding carboxylic acids is 1. The van der Waals surface area contributed by atoms with Gasteiger partial charge in [0.25, 0.3) is 5.56 Å². The Labute approximate surface area is 121 Å². The summed E-state index contributed by atoms with van der Waals surface area (Å²) in [5.74, 6) is -0.270. The zero-order valence-corrected chi connectivity index (χ0v) is 12.1. The first-order valence-corrected chi connectivity index (χ1v) is 6.48. The molecule has 0 fully saturated rings. The molecule has 112 valence electrons. The van der Waals surface area contributed by atoms with Crippen molar-refractivity contribution in [2.75, 3.05) is 7.11 Å². The molecule has 1 atom stereocenters. The van der Waals surface area contributed by atoms with Crippen LogP contribution in [0.2, 0.25) is 0 Å². The second-order valence-electron chi connectivity index (χ2n) is 4.86. The first-order chi connectivity index (χ1) is 9.92. The number of hydrogen-bond acceptors (Lipinski definition) is 5. The molecule has 21 heavy (non-hydrogen) atoms. The summed E-state index contributed by atoms with van der Waals surface area (Å²) in [5.41, 5.74) is 0.185. The first-order valence-electron chi connectivity index (χ1n) is 6.48. The Balaban J connectivity index is 2.55.